The molecule has 1 aromatic carbocycles. The van der Waals surface area contributed by atoms with Crippen LogP contribution >= 0.6 is 0 Å². The fourth-order valence-electron chi connectivity index (χ4n) is 3.45. The van der Waals surface area contributed by atoms with Crippen LogP contribution in [0, 0.1) is 0 Å². The quantitative estimate of drug-likeness (QED) is 0.691. The Kier molecular flexibility index (Phi) is 5.37. The third kappa shape index (κ3) is 4.03. The van der Waals surface area contributed by atoms with E-state index in [1.54, 1.807) is 32.7 Å². The lowest BCUT2D eigenvalue weighted by Gasteiger charge is -2.29. The van der Waals surface area contributed by atoms with Crippen molar-refractivity contribution in [1.82, 2.24) is 9.88 Å². The van der Waals surface area contributed by atoms with Crippen molar-refractivity contribution >= 4 is 11.6 Å². The summed E-state index contributed by atoms with van der Waals surface area (Å²) >= 11 is 0. The first-order valence-electron chi connectivity index (χ1n) is 9.43. The van der Waals surface area contributed by atoms with Gasteiger partial charge in [0.2, 0.25) is 0 Å². The molecule has 0 fully saturated rings. The first-order chi connectivity index (χ1) is 14.2. The van der Waals surface area contributed by atoms with Crippen LogP contribution in [-0.2, 0) is 19.5 Å². The van der Waals surface area contributed by atoms with Crippen molar-refractivity contribution in [3.05, 3.63) is 71.4 Å². The van der Waals surface area contributed by atoms with Gasteiger partial charge in [-0.15, -0.1) is 0 Å². The number of nitrogens with zero attached hydrogens (tertiary/aromatic N) is 2. The first-order valence-corrected chi connectivity index (χ1v) is 9.43. The van der Waals surface area contributed by atoms with Gasteiger partial charge in [-0.25, -0.2) is 4.98 Å². The monoisotopic (exact) mass is 393 g/mol. The van der Waals surface area contributed by atoms with Gasteiger partial charge in [-0.1, -0.05) is 0 Å². The fourth-order valence-corrected chi connectivity index (χ4v) is 3.45. The number of benzene rings is 1. The number of furan rings is 1. The Morgan fingerprint density at radius 2 is 1.97 bits per heavy atom. The molecular formula is C22H23N3O4. The number of fused-ring (bicyclic) bond motifs is 1. The van der Waals surface area contributed by atoms with Crippen molar-refractivity contribution in [2.45, 2.75) is 19.5 Å². The molecule has 0 atom stereocenters. The summed E-state index contributed by atoms with van der Waals surface area (Å²) in [7, 11) is 3.24. The van der Waals surface area contributed by atoms with Gasteiger partial charge in [0.25, 0.3) is 5.91 Å². The van der Waals surface area contributed by atoms with E-state index >= 15 is 0 Å². The Morgan fingerprint density at radius 1 is 1.17 bits per heavy atom. The molecule has 0 spiro atoms. The number of anilines is 1. The second-order valence-corrected chi connectivity index (χ2v) is 6.82. The van der Waals surface area contributed by atoms with E-state index in [0.29, 0.717) is 36.8 Å². The molecule has 1 N–H and O–H groups in total. The van der Waals surface area contributed by atoms with E-state index in [-0.39, 0.29) is 5.91 Å². The number of methoxy groups -OCH3 is 2. The predicted molar refractivity (Wildman–Crippen MR) is 108 cm³/mol. The molecule has 1 aliphatic rings. The number of carbonyl (C=O) groups excluding carboxylic acids is 1. The highest BCUT2D eigenvalue weighted by molar-refractivity contribution is 5.92. The van der Waals surface area contributed by atoms with E-state index in [0.717, 1.165) is 23.4 Å². The number of amides is 1. The van der Waals surface area contributed by atoms with Gasteiger partial charge in [-0.3, -0.25) is 4.79 Å². The van der Waals surface area contributed by atoms with E-state index < -0.39 is 0 Å². The molecule has 4 rings (SSSR count). The molecule has 0 aliphatic carbocycles. The third-order valence-corrected chi connectivity index (χ3v) is 5.03. The van der Waals surface area contributed by atoms with Crippen LogP contribution < -0.4 is 14.8 Å². The highest BCUT2D eigenvalue weighted by atomic mass is 16.5. The number of rotatable bonds is 6. The predicted octanol–water partition coefficient (Wildman–Crippen LogP) is 3.50. The number of ether oxygens (including phenoxy) is 2. The van der Waals surface area contributed by atoms with Crippen molar-refractivity contribution in [2.75, 3.05) is 26.1 Å². The van der Waals surface area contributed by atoms with E-state index in [1.807, 2.05) is 35.2 Å². The molecule has 0 bridgehead atoms. The number of hydrogen-bond acceptors (Lipinski definition) is 6. The summed E-state index contributed by atoms with van der Waals surface area (Å²) in [5, 5.41) is 3.22. The lowest BCUT2D eigenvalue weighted by atomic mass is 9.98. The molecule has 7 heteroatoms. The summed E-state index contributed by atoms with van der Waals surface area (Å²) in [5.74, 6) is 2.14. The summed E-state index contributed by atoms with van der Waals surface area (Å²) < 4.78 is 16.1. The minimum Gasteiger partial charge on any atom is -0.493 e. The molecule has 29 heavy (non-hydrogen) atoms. The maximum Gasteiger partial charge on any atom is 0.272 e. The van der Waals surface area contributed by atoms with E-state index in [1.165, 1.54) is 5.56 Å². The molecule has 1 amide bonds. The Bertz CT molecular complexity index is 984. The Labute approximate surface area is 169 Å². The average molecular weight is 393 g/mol. The zero-order valence-corrected chi connectivity index (χ0v) is 16.5. The van der Waals surface area contributed by atoms with Crippen LogP contribution in [-0.4, -0.2) is 36.6 Å². The first kappa shape index (κ1) is 18.9. The highest BCUT2D eigenvalue weighted by Crippen LogP contribution is 2.33. The lowest BCUT2D eigenvalue weighted by Crippen LogP contribution is -2.36. The highest BCUT2D eigenvalue weighted by Gasteiger charge is 2.24. The molecule has 150 valence electrons. The van der Waals surface area contributed by atoms with Crippen molar-refractivity contribution in [1.29, 1.82) is 0 Å². The second kappa shape index (κ2) is 8.26. The van der Waals surface area contributed by atoms with Crippen LogP contribution in [0.1, 0.15) is 27.4 Å². The number of aromatic nitrogens is 1. The Morgan fingerprint density at radius 3 is 2.62 bits per heavy atom. The number of hydrogen-bond donors (Lipinski definition) is 1. The average Bonchev–Trinajstić information content (AvgIpc) is 3.30. The summed E-state index contributed by atoms with van der Waals surface area (Å²) in [5.41, 5.74) is 3.51. The van der Waals surface area contributed by atoms with Gasteiger partial charge in [-0.2, -0.15) is 0 Å². The van der Waals surface area contributed by atoms with Gasteiger partial charge in [0.05, 0.1) is 38.9 Å². The number of pyridine rings is 1. The van der Waals surface area contributed by atoms with Crippen molar-refractivity contribution in [2.24, 2.45) is 0 Å². The summed E-state index contributed by atoms with van der Waals surface area (Å²) in [6.45, 7) is 1.73. The van der Waals surface area contributed by atoms with Crippen LogP contribution in [0.15, 0.2) is 53.3 Å². The second-order valence-electron chi connectivity index (χ2n) is 6.82. The van der Waals surface area contributed by atoms with Gasteiger partial charge in [0.1, 0.15) is 11.5 Å². The van der Waals surface area contributed by atoms with Crippen LogP contribution in [0.2, 0.25) is 0 Å². The number of nitrogens with one attached hydrogen (secondary N) is 1. The van der Waals surface area contributed by atoms with Crippen molar-refractivity contribution < 1.29 is 18.7 Å². The Hall–Kier alpha value is -3.48. The zero-order valence-electron chi connectivity index (χ0n) is 16.5. The Balaban J connectivity index is 1.43. The molecule has 2 aromatic heterocycles. The normalized spacial score (nSPS) is 13.0. The van der Waals surface area contributed by atoms with Gasteiger partial charge >= 0.3 is 0 Å². The molecule has 0 radical (unpaired) electrons. The van der Waals surface area contributed by atoms with Gasteiger partial charge in [-0.05, 0) is 53.9 Å². The van der Waals surface area contributed by atoms with E-state index in [9.17, 15) is 4.79 Å². The topological polar surface area (TPSA) is 76.8 Å². The minimum absolute atomic E-state index is 0.0805. The van der Waals surface area contributed by atoms with Crippen LogP contribution in [0.3, 0.4) is 0 Å². The fraction of sp³-hybridized carbons (Fsp3) is 0.273. The van der Waals surface area contributed by atoms with Crippen LogP contribution in [0.25, 0.3) is 0 Å². The van der Waals surface area contributed by atoms with Crippen LogP contribution in [0.5, 0.6) is 11.5 Å². The van der Waals surface area contributed by atoms with Crippen molar-refractivity contribution in [3.8, 4) is 11.5 Å². The largest absolute Gasteiger partial charge is 0.493 e. The minimum atomic E-state index is -0.0805. The standard InChI is InChI=1S/C22H23N3O4/c1-27-20-10-15-7-8-25(14-16(15)11-21(20)28-2)22(26)19-6-5-17(12-24-19)23-13-18-4-3-9-29-18/h3-6,9-12,23H,7-8,13-14H2,1-2H3. The smallest absolute Gasteiger partial charge is 0.272 e. The molecule has 0 unspecified atom stereocenters. The maximum atomic E-state index is 12.9. The number of carbonyl (C=O) groups is 1. The molecule has 0 saturated heterocycles. The summed E-state index contributed by atoms with van der Waals surface area (Å²) in [6.07, 6.45) is 4.08. The van der Waals surface area contributed by atoms with E-state index in [4.69, 9.17) is 13.9 Å². The molecule has 7 nitrogen and oxygen atoms in total. The molecule has 3 aromatic rings. The lowest BCUT2D eigenvalue weighted by molar-refractivity contribution is 0.0728. The third-order valence-electron chi connectivity index (χ3n) is 5.03. The summed E-state index contributed by atoms with van der Waals surface area (Å²) in [6, 6.07) is 11.3. The molecule has 0 saturated carbocycles. The maximum absolute atomic E-state index is 12.9. The van der Waals surface area contributed by atoms with Gasteiger partial charge in [0, 0.05) is 13.1 Å². The van der Waals surface area contributed by atoms with E-state index in [2.05, 4.69) is 10.3 Å². The molecule has 1 aliphatic heterocycles. The van der Waals surface area contributed by atoms with Crippen molar-refractivity contribution in [3.63, 3.8) is 0 Å². The molecular weight excluding hydrogens is 370 g/mol. The zero-order chi connectivity index (χ0) is 20.2. The van der Waals surface area contributed by atoms with Crippen LogP contribution in [0.4, 0.5) is 5.69 Å². The summed E-state index contributed by atoms with van der Waals surface area (Å²) in [4.78, 5) is 19.1. The molecule has 3 heterocycles. The van der Waals surface area contributed by atoms with Gasteiger partial charge in [0.15, 0.2) is 11.5 Å². The van der Waals surface area contributed by atoms with Gasteiger partial charge < -0.3 is 24.1 Å². The SMILES string of the molecule is COc1cc2c(cc1OC)CN(C(=O)c1ccc(NCc3ccco3)cn1)CC2.